The van der Waals surface area contributed by atoms with Gasteiger partial charge in [-0.1, -0.05) is 74.5 Å². The van der Waals surface area contributed by atoms with Crippen molar-refractivity contribution in [3.8, 4) is 22.8 Å². The lowest BCUT2D eigenvalue weighted by molar-refractivity contribution is -0.142. The maximum atomic E-state index is 14.5. The van der Waals surface area contributed by atoms with Crippen LogP contribution in [-0.4, -0.2) is 45.4 Å². The molecule has 0 N–H and O–H groups in total. The Morgan fingerprint density at radius 1 is 0.940 bits per heavy atom. The smallest absolute Gasteiger partial charge is 0.433 e. The third-order valence-electron chi connectivity index (χ3n) is 9.45. The van der Waals surface area contributed by atoms with E-state index in [0.29, 0.717) is 21.6 Å². The van der Waals surface area contributed by atoms with Crippen LogP contribution in [0.1, 0.15) is 77.9 Å². The Labute approximate surface area is 287 Å². The molecule has 1 saturated carbocycles. The second-order valence-electron chi connectivity index (χ2n) is 12.8. The number of aromatic nitrogens is 3. The number of carbonyl (C=O) groups excluding carboxylic acids is 1. The highest BCUT2D eigenvalue weighted by Crippen LogP contribution is 2.47. The molecule has 2 unspecified atom stereocenters. The molecule has 50 heavy (non-hydrogen) atoms. The molecule has 0 spiro atoms. The fourth-order valence-corrected chi connectivity index (χ4v) is 6.95. The number of halogens is 3. The van der Waals surface area contributed by atoms with Crippen LogP contribution in [0.4, 0.5) is 13.2 Å². The van der Waals surface area contributed by atoms with E-state index in [1.165, 1.54) is 11.1 Å². The fourth-order valence-electron chi connectivity index (χ4n) is 6.95. The highest BCUT2D eigenvalue weighted by atomic mass is 19.4. The van der Waals surface area contributed by atoms with E-state index in [1.54, 1.807) is 26.4 Å². The molecule has 3 heterocycles. The minimum Gasteiger partial charge on any atom is -0.496 e. The van der Waals surface area contributed by atoms with Crippen LogP contribution in [0.5, 0.6) is 11.5 Å². The number of carbonyl (C=O) groups is 1. The minimum atomic E-state index is -4.76. The first-order chi connectivity index (χ1) is 24.1. The molecule has 11 heteroatoms. The zero-order chi connectivity index (χ0) is 35.2. The monoisotopic (exact) mass is 679 g/mol. The highest BCUT2D eigenvalue weighted by Gasteiger charge is 2.46. The molecule has 3 aromatic carbocycles. The van der Waals surface area contributed by atoms with E-state index < -0.39 is 23.8 Å². The van der Waals surface area contributed by atoms with Gasteiger partial charge in [0.05, 0.1) is 31.7 Å². The molecule has 0 saturated heterocycles. The lowest BCUT2D eigenvalue weighted by Gasteiger charge is -2.30. The van der Waals surface area contributed by atoms with Crippen LogP contribution in [0, 0.1) is 5.92 Å². The third-order valence-corrected chi connectivity index (χ3v) is 9.45. The van der Waals surface area contributed by atoms with Gasteiger partial charge in [0, 0.05) is 28.7 Å². The van der Waals surface area contributed by atoms with Gasteiger partial charge in [-0.3, -0.25) is 4.79 Å². The Hall–Kier alpha value is -5.45. The number of hydrogen-bond donors (Lipinski definition) is 0. The Kier molecular flexibility index (Phi) is 8.67. The van der Waals surface area contributed by atoms with Gasteiger partial charge >= 0.3 is 6.18 Å². The molecule has 2 aromatic heterocycles. The van der Waals surface area contributed by atoms with Crippen LogP contribution in [0.2, 0.25) is 0 Å². The SMILES string of the molecule is COc1ccccc1C=C1CCCC2C1=NN(C(=O)c1cc3nc(-c4ccc(C(C)C)cc4)cc(C(F)(F)F)n3n1)C2c1ccccc1OC. The van der Waals surface area contributed by atoms with Gasteiger partial charge in [-0.05, 0) is 60.6 Å². The van der Waals surface area contributed by atoms with Gasteiger partial charge in [0.15, 0.2) is 17.0 Å². The molecule has 1 aliphatic carbocycles. The number of ether oxygens (including phenoxy) is 2. The van der Waals surface area contributed by atoms with Gasteiger partial charge in [0.2, 0.25) is 0 Å². The van der Waals surface area contributed by atoms with Crippen molar-refractivity contribution in [2.24, 2.45) is 11.0 Å². The van der Waals surface area contributed by atoms with Crippen molar-refractivity contribution in [1.82, 2.24) is 19.6 Å². The predicted octanol–water partition coefficient (Wildman–Crippen LogP) is 8.99. The van der Waals surface area contributed by atoms with Crippen LogP contribution in [0.15, 0.2) is 95.6 Å². The number of nitrogens with zero attached hydrogens (tertiary/aromatic N) is 5. The van der Waals surface area contributed by atoms with Crippen molar-refractivity contribution in [2.45, 2.75) is 51.2 Å². The molecule has 256 valence electrons. The van der Waals surface area contributed by atoms with E-state index in [1.807, 2.05) is 80.6 Å². The molecular formula is C39H36F3N5O3. The number of methoxy groups -OCH3 is 2. The van der Waals surface area contributed by atoms with E-state index in [-0.39, 0.29) is 28.9 Å². The van der Waals surface area contributed by atoms with Crippen molar-refractivity contribution < 1.29 is 27.4 Å². The number of hydrogen-bond acceptors (Lipinski definition) is 6. The molecule has 7 rings (SSSR count). The standard InChI is InChI=1S/C39H36F3N5O3/c1-23(2)24-16-18-25(19-17-24)30-21-34(39(40,41)42)46-35(43-30)22-31(44-46)38(48)47-37(28-12-6-8-15-33(28)50-4)29-13-9-11-27(36(29)45-47)20-26-10-5-7-14-32(26)49-3/h5-8,10,12,14-23,29,37H,9,11,13H2,1-4H3. The summed E-state index contributed by atoms with van der Waals surface area (Å²) in [7, 11) is 3.18. The second kappa shape index (κ2) is 13.1. The molecule has 1 amide bonds. The van der Waals surface area contributed by atoms with Crippen LogP contribution in [-0.2, 0) is 6.18 Å². The maximum absolute atomic E-state index is 14.5. The van der Waals surface area contributed by atoms with Crippen molar-refractivity contribution in [3.63, 3.8) is 0 Å². The summed E-state index contributed by atoms with van der Waals surface area (Å²) in [6.45, 7) is 4.09. The quantitative estimate of drug-likeness (QED) is 0.172. The number of benzene rings is 3. The molecule has 1 fully saturated rings. The van der Waals surface area contributed by atoms with Gasteiger partial charge in [-0.2, -0.15) is 23.4 Å². The van der Waals surface area contributed by atoms with Gasteiger partial charge in [-0.15, -0.1) is 0 Å². The molecule has 8 nitrogen and oxygen atoms in total. The molecule has 2 atom stereocenters. The first-order valence-electron chi connectivity index (χ1n) is 16.5. The normalized spacial score (nSPS) is 18.4. The van der Waals surface area contributed by atoms with Crippen LogP contribution < -0.4 is 9.47 Å². The third kappa shape index (κ3) is 6.01. The largest absolute Gasteiger partial charge is 0.496 e. The number of rotatable bonds is 7. The molecule has 0 bridgehead atoms. The average Bonchev–Trinajstić information content (AvgIpc) is 3.73. The number of fused-ring (bicyclic) bond motifs is 2. The van der Waals surface area contributed by atoms with Crippen molar-refractivity contribution in [3.05, 3.63) is 119 Å². The number of amides is 1. The number of hydrazone groups is 1. The van der Waals surface area contributed by atoms with Gasteiger partial charge in [0.1, 0.15) is 11.5 Å². The van der Waals surface area contributed by atoms with Gasteiger partial charge < -0.3 is 9.47 Å². The van der Waals surface area contributed by atoms with E-state index in [2.05, 4.69) is 10.1 Å². The first-order valence-corrected chi connectivity index (χ1v) is 16.5. The maximum Gasteiger partial charge on any atom is 0.433 e. The Morgan fingerprint density at radius 2 is 1.64 bits per heavy atom. The van der Waals surface area contributed by atoms with Gasteiger partial charge in [-0.25, -0.2) is 14.5 Å². The molecule has 5 aromatic rings. The molecule has 1 aliphatic heterocycles. The Bertz CT molecular complexity index is 2140. The molecular weight excluding hydrogens is 643 g/mol. The van der Waals surface area contributed by atoms with Crippen LogP contribution >= 0.6 is 0 Å². The number of allylic oxidation sites excluding steroid dienone is 1. The summed E-state index contributed by atoms with van der Waals surface area (Å²) < 4.78 is 55.5. The fraction of sp³-hybridized carbons (Fsp3) is 0.282. The predicted molar refractivity (Wildman–Crippen MR) is 185 cm³/mol. The summed E-state index contributed by atoms with van der Waals surface area (Å²) in [5.41, 5.74) is 3.72. The lowest BCUT2D eigenvalue weighted by atomic mass is 9.77. The summed E-state index contributed by atoms with van der Waals surface area (Å²) in [4.78, 5) is 19.0. The van der Waals surface area contributed by atoms with Crippen LogP contribution in [0.3, 0.4) is 0 Å². The second-order valence-corrected chi connectivity index (χ2v) is 12.8. The lowest BCUT2D eigenvalue weighted by Crippen LogP contribution is -2.32. The molecule has 2 aliphatic rings. The van der Waals surface area contributed by atoms with E-state index in [4.69, 9.17) is 14.6 Å². The topological polar surface area (TPSA) is 81.3 Å². The summed E-state index contributed by atoms with van der Waals surface area (Å²) in [5, 5.41) is 10.5. The highest BCUT2D eigenvalue weighted by molar-refractivity contribution is 6.09. The average molecular weight is 680 g/mol. The Balaban J connectivity index is 1.34. The van der Waals surface area contributed by atoms with E-state index >= 15 is 0 Å². The summed E-state index contributed by atoms with van der Waals surface area (Å²) in [6.07, 6.45) is -0.384. The van der Waals surface area contributed by atoms with Crippen molar-refractivity contribution in [2.75, 3.05) is 14.2 Å². The van der Waals surface area contributed by atoms with Crippen LogP contribution in [0.25, 0.3) is 23.0 Å². The first kappa shape index (κ1) is 33.1. The van der Waals surface area contributed by atoms with E-state index in [9.17, 15) is 18.0 Å². The van der Waals surface area contributed by atoms with Crippen molar-refractivity contribution >= 4 is 23.3 Å². The van der Waals surface area contributed by atoms with Gasteiger partial charge in [0.25, 0.3) is 5.91 Å². The van der Waals surface area contributed by atoms with Crippen molar-refractivity contribution in [1.29, 1.82) is 0 Å². The summed E-state index contributed by atoms with van der Waals surface area (Å²) >= 11 is 0. The number of alkyl halides is 3. The molecule has 0 radical (unpaired) electrons. The number of para-hydroxylation sites is 2. The zero-order valence-electron chi connectivity index (χ0n) is 28.1. The minimum absolute atomic E-state index is 0.0963. The summed E-state index contributed by atoms with van der Waals surface area (Å²) in [6, 6.07) is 24.1. The zero-order valence-corrected chi connectivity index (χ0v) is 28.1. The summed E-state index contributed by atoms with van der Waals surface area (Å²) in [5.74, 6) is 0.728. The van der Waals surface area contributed by atoms with E-state index in [0.717, 1.165) is 53.3 Å². The Morgan fingerprint density at radius 3 is 2.34 bits per heavy atom.